The van der Waals surface area contributed by atoms with Gasteiger partial charge in [-0.15, -0.1) is 0 Å². The third-order valence-electron chi connectivity index (χ3n) is 5.45. The van der Waals surface area contributed by atoms with Crippen LogP contribution in [0, 0.1) is 0 Å². The Morgan fingerprint density at radius 1 is 1.07 bits per heavy atom. The van der Waals surface area contributed by atoms with Crippen molar-refractivity contribution in [1.29, 1.82) is 0 Å². The van der Waals surface area contributed by atoms with E-state index >= 15 is 0 Å². The third kappa shape index (κ3) is 3.31. The van der Waals surface area contributed by atoms with Gasteiger partial charge in [-0.2, -0.15) is 0 Å². The summed E-state index contributed by atoms with van der Waals surface area (Å²) in [5, 5.41) is 11.0. The molecule has 0 saturated heterocycles. The number of likely N-dealkylation sites (N-methyl/N-ethyl adjacent to an activating group) is 1. The average Bonchev–Trinajstić information content (AvgIpc) is 3.13. The topological polar surface area (TPSA) is 61.6 Å². The second-order valence-electron chi connectivity index (χ2n) is 7.20. The molecule has 0 saturated carbocycles. The average molecular weight is 372 g/mol. The quantitative estimate of drug-likeness (QED) is 0.832. The van der Waals surface area contributed by atoms with E-state index in [2.05, 4.69) is 7.05 Å². The summed E-state index contributed by atoms with van der Waals surface area (Å²) in [5.74, 6) is 2.95. The van der Waals surface area contributed by atoms with Crippen molar-refractivity contribution in [3.05, 3.63) is 46.5 Å². The van der Waals surface area contributed by atoms with Crippen LogP contribution in [0.2, 0.25) is 0 Å². The molecule has 2 N–H and O–H groups in total. The van der Waals surface area contributed by atoms with Crippen LogP contribution in [0.15, 0.2) is 24.3 Å². The van der Waals surface area contributed by atoms with Gasteiger partial charge in [0.1, 0.15) is 6.54 Å². The van der Waals surface area contributed by atoms with Gasteiger partial charge in [0.05, 0.1) is 39.5 Å². The zero-order chi connectivity index (χ0) is 19.0. The molecule has 2 aliphatic heterocycles. The van der Waals surface area contributed by atoms with E-state index in [1.165, 1.54) is 4.90 Å². The van der Waals surface area contributed by atoms with Crippen molar-refractivity contribution < 1.29 is 29.0 Å². The number of fused-ring (bicyclic) bond motifs is 3. The van der Waals surface area contributed by atoms with E-state index in [0.29, 0.717) is 12.2 Å². The van der Waals surface area contributed by atoms with Gasteiger partial charge in [-0.1, -0.05) is 6.07 Å². The predicted molar refractivity (Wildman–Crippen MR) is 99.9 cm³/mol. The van der Waals surface area contributed by atoms with Crippen LogP contribution in [-0.2, 0) is 19.4 Å². The van der Waals surface area contributed by atoms with Gasteiger partial charge < -0.3 is 29.0 Å². The molecule has 2 heterocycles. The number of rotatable bonds is 2. The van der Waals surface area contributed by atoms with Gasteiger partial charge in [0.25, 0.3) is 0 Å². The largest absolute Gasteiger partial charge is 0.493 e. The van der Waals surface area contributed by atoms with Gasteiger partial charge in [-0.3, -0.25) is 0 Å². The number of ether oxygens (including phenoxy) is 4. The molecular formula is C21H26NO5+. The summed E-state index contributed by atoms with van der Waals surface area (Å²) in [6, 6.07) is 7.89. The van der Waals surface area contributed by atoms with E-state index in [1.807, 2.05) is 24.3 Å². The van der Waals surface area contributed by atoms with E-state index in [9.17, 15) is 5.11 Å². The number of benzene rings is 2. The molecule has 0 aliphatic carbocycles. The zero-order valence-electron chi connectivity index (χ0n) is 16.0. The Bertz CT molecular complexity index is 851. The number of methoxy groups -OCH3 is 2. The molecule has 2 aliphatic rings. The maximum absolute atomic E-state index is 11.0. The monoisotopic (exact) mass is 372 g/mol. The Morgan fingerprint density at radius 2 is 1.85 bits per heavy atom. The highest BCUT2D eigenvalue weighted by Gasteiger charge is 2.26. The minimum Gasteiger partial charge on any atom is -0.493 e. The second-order valence-corrected chi connectivity index (χ2v) is 7.20. The predicted octanol–water partition coefficient (Wildman–Crippen LogP) is 1.28. The van der Waals surface area contributed by atoms with Crippen molar-refractivity contribution >= 4 is 0 Å². The molecule has 1 unspecified atom stereocenters. The maximum atomic E-state index is 11.0. The maximum Gasteiger partial charge on any atom is 0.231 e. The number of hydrogen-bond donors (Lipinski definition) is 2. The SMILES string of the molecule is COc1ccc2c(c1OC)C[NH+](C)CCc1cc3c(cc1[C@@H](O)C2)OCO3. The fourth-order valence-corrected chi connectivity index (χ4v) is 4.00. The molecule has 6 heteroatoms. The first kappa shape index (κ1) is 17.9. The molecule has 2 atom stereocenters. The fraction of sp³-hybridized carbons (Fsp3) is 0.429. The lowest BCUT2D eigenvalue weighted by atomic mass is 9.91. The lowest BCUT2D eigenvalue weighted by molar-refractivity contribution is -0.893. The Morgan fingerprint density at radius 3 is 2.59 bits per heavy atom. The van der Waals surface area contributed by atoms with Crippen LogP contribution in [-0.4, -0.2) is 39.7 Å². The van der Waals surface area contributed by atoms with E-state index in [0.717, 1.165) is 59.0 Å². The zero-order valence-corrected chi connectivity index (χ0v) is 16.0. The van der Waals surface area contributed by atoms with Crippen molar-refractivity contribution in [1.82, 2.24) is 0 Å². The van der Waals surface area contributed by atoms with Crippen LogP contribution < -0.4 is 23.8 Å². The Balaban J connectivity index is 1.79. The standard InChI is InChI=1S/C21H25NO5/c1-22-7-6-14-9-19-20(27-12-26-19)10-15(14)17(23)8-13-4-5-18(24-2)21(25-3)16(13)11-22/h4-5,9-10,17,23H,6-8,11-12H2,1-3H3/p+1/t17-/m0/s1. The number of quaternary nitrogens is 1. The van der Waals surface area contributed by atoms with Gasteiger partial charge in [0.15, 0.2) is 23.0 Å². The summed E-state index contributed by atoms with van der Waals surface area (Å²) in [7, 11) is 5.49. The van der Waals surface area contributed by atoms with Gasteiger partial charge >= 0.3 is 0 Å². The number of hydrogen-bond acceptors (Lipinski definition) is 5. The summed E-state index contributed by atoms with van der Waals surface area (Å²) in [6.07, 6.45) is 0.747. The fourth-order valence-electron chi connectivity index (χ4n) is 4.00. The number of aliphatic hydroxyl groups excluding tert-OH is 1. The lowest BCUT2D eigenvalue weighted by Crippen LogP contribution is -3.07. The Hall–Kier alpha value is -2.44. The van der Waals surface area contributed by atoms with Crippen LogP contribution >= 0.6 is 0 Å². The van der Waals surface area contributed by atoms with Crippen LogP contribution in [0.4, 0.5) is 0 Å². The molecule has 0 aromatic heterocycles. The van der Waals surface area contributed by atoms with Gasteiger partial charge in [0.2, 0.25) is 6.79 Å². The first-order chi connectivity index (χ1) is 13.1. The van der Waals surface area contributed by atoms with E-state index in [-0.39, 0.29) is 6.79 Å². The second kappa shape index (κ2) is 7.29. The molecule has 0 spiro atoms. The molecular weight excluding hydrogens is 346 g/mol. The summed E-state index contributed by atoms with van der Waals surface area (Å²) >= 11 is 0. The first-order valence-electron chi connectivity index (χ1n) is 9.25. The summed E-state index contributed by atoms with van der Waals surface area (Å²) < 4.78 is 22.2. The molecule has 4 rings (SSSR count). The minimum atomic E-state index is -0.621. The van der Waals surface area contributed by atoms with Crippen molar-refractivity contribution in [2.75, 3.05) is 34.6 Å². The molecule has 0 radical (unpaired) electrons. The molecule has 0 fully saturated rings. The molecule has 144 valence electrons. The van der Waals surface area contributed by atoms with Crippen molar-refractivity contribution in [2.24, 2.45) is 0 Å². The van der Waals surface area contributed by atoms with Crippen LogP contribution in [0.5, 0.6) is 23.0 Å². The smallest absolute Gasteiger partial charge is 0.231 e. The van der Waals surface area contributed by atoms with E-state index in [4.69, 9.17) is 18.9 Å². The highest BCUT2D eigenvalue weighted by molar-refractivity contribution is 5.52. The molecule has 27 heavy (non-hydrogen) atoms. The van der Waals surface area contributed by atoms with Crippen molar-refractivity contribution in [3.8, 4) is 23.0 Å². The third-order valence-corrected chi connectivity index (χ3v) is 5.45. The van der Waals surface area contributed by atoms with Crippen molar-refractivity contribution in [3.63, 3.8) is 0 Å². The minimum absolute atomic E-state index is 0.235. The van der Waals surface area contributed by atoms with Crippen LogP contribution in [0.3, 0.4) is 0 Å². The van der Waals surface area contributed by atoms with E-state index < -0.39 is 6.10 Å². The lowest BCUT2D eigenvalue weighted by Gasteiger charge is -2.25. The first-order valence-corrected chi connectivity index (χ1v) is 9.25. The Labute approximate surface area is 159 Å². The van der Waals surface area contributed by atoms with Crippen molar-refractivity contribution in [2.45, 2.75) is 25.5 Å². The van der Waals surface area contributed by atoms with Crippen LogP contribution in [0.1, 0.15) is 28.4 Å². The highest BCUT2D eigenvalue weighted by Crippen LogP contribution is 2.39. The molecule has 6 nitrogen and oxygen atoms in total. The summed E-state index contributed by atoms with van der Waals surface area (Å²) in [5.41, 5.74) is 4.20. The Kier molecular flexibility index (Phi) is 4.85. The van der Waals surface area contributed by atoms with Gasteiger partial charge in [0, 0.05) is 12.8 Å². The molecule has 0 amide bonds. The molecule has 2 aromatic carbocycles. The summed E-state index contributed by atoms with van der Waals surface area (Å²) in [6.45, 7) is 1.97. The molecule has 0 bridgehead atoms. The van der Waals surface area contributed by atoms with Gasteiger partial charge in [-0.25, -0.2) is 0 Å². The summed E-state index contributed by atoms with van der Waals surface area (Å²) in [4.78, 5) is 1.36. The number of nitrogens with one attached hydrogen (secondary N) is 1. The normalized spacial score (nSPS) is 21.2. The molecule has 2 aromatic rings. The van der Waals surface area contributed by atoms with E-state index in [1.54, 1.807) is 14.2 Å². The highest BCUT2D eigenvalue weighted by atomic mass is 16.7. The number of aliphatic hydroxyl groups is 1. The van der Waals surface area contributed by atoms with Gasteiger partial charge in [-0.05, 0) is 34.9 Å². The van der Waals surface area contributed by atoms with Crippen LogP contribution in [0.25, 0.3) is 0 Å².